The maximum absolute atomic E-state index is 11.7. The van der Waals surface area contributed by atoms with Gasteiger partial charge in [-0.3, -0.25) is 20.8 Å². The fourth-order valence-electron chi connectivity index (χ4n) is 1.57. The third-order valence-corrected chi connectivity index (χ3v) is 2.87. The number of nitro groups is 1. The minimum atomic E-state index is -2.41. The molecule has 1 aromatic carbocycles. The molecule has 152 valence electrons. The Bertz CT molecular complexity index is 678. The number of nitrogens with two attached hydrogens (primary N) is 3. The summed E-state index contributed by atoms with van der Waals surface area (Å²) in [7, 11) is 0. The number of carbonyl (C=O) groups excluding carboxylic acids is 2. The van der Waals surface area contributed by atoms with Gasteiger partial charge in [0.25, 0.3) is 5.69 Å². The molecule has 0 amide bonds. The van der Waals surface area contributed by atoms with E-state index in [1.165, 1.54) is 0 Å². The molecule has 0 aliphatic rings. The number of carbonyl (C=O) groups is 2. The molecule has 1 rings (SSSR count). The maximum atomic E-state index is 11.7. The Labute approximate surface area is 165 Å². The van der Waals surface area contributed by atoms with Gasteiger partial charge in [0, 0.05) is 25.1 Å². The van der Waals surface area contributed by atoms with Crippen molar-refractivity contribution in [1.29, 1.82) is 0 Å². The van der Waals surface area contributed by atoms with Gasteiger partial charge in [-0.2, -0.15) is 0 Å². The minimum absolute atomic E-state index is 0. The van der Waals surface area contributed by atoms with Crippen LogP contribution in [0, 0.1) is 10.1 Å². The van der Waals surface area contributed by atoms with Crippen LogP contribution in [0.4, 0.5) is 5.69 Å². The molecule has 0 saturated heterocycles. The third kappa shape index (κ3) is 9.01. The van der Waals surface area contributed by atoms with Crippen LogP contribution in [0.3, 0.4) is 0 Å². The van der Waals surface area contributed by atoms with Crippen LogP contribution in [0.1, 0.15) is 23.2 Å². The van der Waals surface area contributed by atoms with Gasteiger partial charge in [0.05, 0.1) is 10.5 Å². The zero-order valence-corrected chi connectivity index (χ0v) is 15.4. The van der Waals surface area contributed by atoms with Gasteiger partial charge in [-0.1, -0.05) is 0 Å². The van der Waals surface area contributed by atoms with Crippen molar-refractivity contribution in [2.45, 2.75) is 18.6 Å². The van der Waals surface area contributed by atoms with Crippen LogP contribution >= 0.6 is 24.8 Å². The second-order valence-corrected chi connectivity index (χ2v) is 4.88. The fraction of sp³-hybridized carbons (Fsp3) is 0.308. The summed E-state index contributed by atoms with van der Waals surface area (Å²) in [5, 5.41) is 20.3. The molecule has 1 unspecified atom stereocenters. The van der Waals surface area contributed by atoms with Gasteiger partial charge in [0.2, 0.25) is 5.72 Å². The van der Waals surface area contributed by atoms with E-state index in [4.69, 9.17) is 17.2 Å². The van der Waals surface area contributed by atoms with Crippen LogP contribution in [-0.2, 0) is 14.6 Å². The van der Waals surface area contributed by atoms with Gasteiger partial charge in [-0.15, -0.1) is 24.8 Å². The second-order valence-electron chi connectivity index (χ2n) is 4.88. The van der Waals surface area contributed by atoms with Crippen molar-refractivity contribution in [3.05, 3.63) is 39.9 Å². The van der Waals surface area contributed by atoms with Crippen LogP contribution in [0.2, 0.25) is 0 Å². The van der Waals surface area contributed by atoms with Gasteiger partial charge in [-0.25, -0.2) is 19.4 Å². The Kier molecular flexibility index (Phi) is 11.7. The van der Waals surface area contributed by atoms with Crippen LogP contribution in [0.15, 0.2) is 29.3 Å². The lowest BCUT2D eigenvalue weighted by Crippen LogP contribution is -2.49. The SMILES string of the molecule is Cl.Cl.NC(N)=NCCCC(N)(O)C(=O)OOC(=O)c1ccc([N+](=O)[O-])cc1. The summed E-state index contributed by atoms with van der Waals surface area (Å²) in [6.07, 6.45) is -0.0893. The molecule has 7 N–H and O–H groups in total. The third-order valence-electron chi connectivity index (χ3n) is 2.87. The number of hydrogen-bond donors (Lipinski definition) is 4. The predicted octanol–water partition coefficient (Wildman–Crippen LogP) is -0.246. The highest BCUT2D eigenvalue weighted by atomic mass is 35.5. The van der Waals surface area contributed by atoms with Crippen LogP contribution in [-0.4, -0.2) is 40.2 Å². The summed E-state index contributed by atoms with van der Waals surface area (Å²) in [4.78, 5) is 45.2. The van der Waals surface area contributed by atoms with E-state index >= 15 is 0 Å². The van der Waals surface area contributed by atoms with Crippen molar-refractivity contribution in [2.75, 3.05) is 6.54 Å². The normalized spacial score (nSPS) is 11.6. The summed E-state index contributed by atoms with van der Waals surface area (Å²) in [5.74, 6) is -2.65. The van der Waals surface area contributed by atoms with E-state index < -0.39 is 22.6 Å². The van der Waals surface area contributed by atoms with E-state index in [0.29, 0.717) is 0 Å². The number of hydrogen-bond acceptors (Lipinski definition) is 9. The Hall–Kier alpha value is -2.67. The topological polar surface area (TPSA) is 206 Å². The van der Waals surface area contributed by atoms with Crippen LogP contribution < -0.4 is 17.2 Å². The van der Waals surface area contributed by atoms with E-state index in [9.17, 15) is 24.8 Å². The standard InChI is InChI=1S/C13H17N5O7.2ClH/c14-12(15)17-7-1-6-13(16,21)11(20)25-24-10(19)8-2-4-9(5-3-8)18(22)23;;/h2-5,21H,1,6-7,16H2,(H4,14,15,17);2*1H. The lowest BCUT2D eigenvalue weighted by molar-refractivity contribution is -0.384. The number of rotatable bonds is 7. The van der Waals surface area contributed by atoms with Gasteiger partial charge < -0.3 is 16.6 Å². The molecule has 0 radical (unpaired) electrons. The molecule has 0 heterocycles. The highest BCUT2D eigenvalue weighted by molar-refractivity contribution is 5.90. The number of guanidine groups is 1. The average molecular weight is 428 g/mol. The van der Waals surface area contributed by atoms with Crippen molar-refractivity contribution in [3.8, 4) is 0 Å². The first-order valence-corrected chi connectivity index (χ1v) is 6.88. The molecule has 0 fully saturated rings. The van der Waals surface area contributed by atoms with Gasteiger partial charge >= 0.3 is 11.9 Å². The first kappa shape index (κ1) is 26.6. The highest BCUT2D eigenvalue weighted by Crippen LogP contribution is 2.14. The van der Waals surface area contributed by atoms with Gasteiger partial charge in [-0.05, 0) is 18.6 Å². The number of nitrogens with zero attached hydrogens (tertiary/aromatic N) is 2. The molecular formula is C13H19Cl2N5O7. The van der Waals surface area contributed by atoms with Gasteiger partial charge in [0.15, 0.2) is 5.96 Å². The van der Waals surface area contributed by atoms with Crippen molar-refractivity contribution >= 4 is 48.4 Å². The molecule has 1 atom stereocenters. The number of aliphatic imine (C=N–C) groups is 1. The predicted molar refractivity (Wildman–Crippen MR) is 98.1 cm³/mol. The quantitative estimate of drug-likeness (QED) is 0.0852. The summed E-state index contributed by atoms with van der Waals surface area (Å²) in [6.45, 7) is 0.123. The van der Waals surface area contributed by atoms with Crippen molar-refractivity contribution in [2.24, 2.45) is 22.2 Å². The average Bonchev–Trinajstić information content (AvgIpc) is 2.56. The zero-order valence-electron chi connectivity index (χ0n) is 13.8. The Morgan fingerprint density at radius 3 is 2.22 bits per heavy atom. The van der Waals surface area contributed by atoms with E-state index in [2.05, 4.69) is 14.8 Å². The molecule has 0 aliphatic carbocycles. The van der Waals surface area contributed by atoms with Gasteiger partial charge in [0.1, 0.15) is 0 Å². The molecule has 12 nitrogen and oxygen atoms in total. The first-order valence-electron chi connectivity index (χ1n) is 6.88. The van der Waals surface area contributed by atoms with E-state index in [1.807, 2.05) is 0 Å². The lowest BCUT2D eigenvalue weighted by Gasteiger charge is -2.18. The van der Waals surface area contributed by atoms with E-state index in [1.54, 1.807) is 0 Å². The largest absolute Gasteiger partial charge is 0.401 e. The monoisotopic (exact) mass is 427 g/mol. The van der Waals surface area contributed by atoms with Crippen molar-refractivity contribution < 1.29 is 29.4 Å². The fourth-order valence-corrected chi connectivity index (χ4v) is 1.57. The van der Waals surface area contributed by atoms with Crippen LogP contribution in [0.5, 0.6) is 0 Å². The molecule has 0 saturated carbocycles. The highest BCUT2D eigenvalue weighted by Gasteiger charge is 2.34. The smallest absolute Gasteiger partial charge is 0.370 e. The summed E-state index contributed by atoms with van der Waals surface area (Å²) in [6, 6.07) is 4.36. The molecule has 27 heavy (non-hydrogen) atoms. The number of halogens is 2. The molecule has 0 aromatic heterocycles. The number of non-ortho nitro benzene ring substituents is 1. The molecule has 0 bridgehead atoms. The maximum Gasteiger partial charge on any atom is 0.401 e. The molecule has 0 aliphatic heterocycles. The lowest BCUT2D eigenvalue weighted by atomic mass is 10.1. The van der Waals surface area contributed by atoms with Crippen LogP contribution in [0.25, 0.3) is 0 Å². The van der Waals surface area contributed by atoms with Crippen molar-refractivity contribution in [1.82, 2.24) is 0 Å². The summed E-state index contributed by atoms with van der Waals surface area (Å²) >= 11 is 0. The minimum Gasteiger partial charge on any atom is -0.370 e. The number of nitro benzene ring substituents is 1. The summed E-state index contributed by atoms with van der Waals surface area (Å²) in [5.41, 5.74) is 12.8. The Morgan fingerprint density at radius 1 is 1.19 bits per heavy atom. The molecule has 1 aromatic rings. The van der Waals surface area contributed by atoms with E-state index in [-0.39, 0.29) is 61.4 Å². The first-order chi connectivity index (χ1) is 11.6. The van der Waals surface area contributed by atoms with Crippen molar-refractivity contribution in [3.63, 3.8) is 0 Å². The molecule has 14 heteroatoms. The Morgan fingerprint density at radius 2 is 1.74 bits per heavy atom. The van der Waals surface area contributed by atoms with E-state index in [0.717, 1.165) is 24.3 Å². The summed E-state index contributed by atoms with van der Waals surface area (Å²) < 4.78 is 0. The molecular weight excluding hydrogens is 409 g/mol. The Balaban J connectivity index is 0. The zero-order chi connectivity index (χ0) is 19.0. The second kappa shape index (κ2) is 11.9. The molecule has 0 spiro atoms. The number of aliphatic hydroxyl groups is 1. The number of benzene rings is 1.